The number of halogens is 1. The molecule has 37 heavy (non-hydrogen) atoms. The highest BCUT2D eigenvalue weighted by Gasteiger charge is 2.26. The number of aromatic nitrogens is 1. The van der Waals surface area contributed by atoms with Gasteiger partial charge in [0.15, 0.2) is 0 Å². The van der Waals surface area contributed by atoms with E-state index >= 15 is 0 Å². The summed E-state index contributed by atoms with van der Waals surface area (Å²) in [4.78, 5) is 28.0. The van der Waals surface area contributed by atoms with Gasteiger partial charge in [-0.15, -0.1) is 23.1 Å². The lowest BCUT2D eigenvalue weighted by Crippen LogP contribution is -2.16. The van der Waals surface area contributed by atoms with Crippen LogP contribution in [0.1, 0.15) is 52.5 Å². The minimum atomic E-state index is -0.356. The molecule has 1 aliphatic carbocycles. The normalized spacial score (nSPS) is 13.2. The van der Waals surface area contributed by atoms with Gasteiger partial charge in [-0.1, -0.05) is 36.8 Å². The molecule has 0 radical (unpaired) electrons. The fourth-order valence-corrected chi connectivity index (χ4v) is 7.03. The predicted octanol–water partition coefficient (Wildman–Crippen LogP) is 7.07. The molecule has 0 saturated carbocycles. The number of carbonyl (C=O) groups excluding carboxylic acids is 2. The van der Waals surface area contributed by atoms with Gasteiger partial charge in [0.25, 0.3) is 0 Å². The topological polar surface area (TPSA) is 60.3 Å². The molecule has 1 aliphatic rings. The molecule has 2 aromatic heterocycles. The van der Waals surface area contributed by atoms with Crippen LogP contribution in [0.5, 0.6) is 0 Å². The molecular formula is C29H29FN2O3S2. The van der Waals surface area contributed by atoms with Crippen LogP contribution in [-0.2, 0) is 28.9 Å². The van der Waals surface area contributed by atoms with Gasteiger partial charge in [0, 0.05) is 33.4 Å². The maximum absolute atomic E-state index is 13.7. The highest BCUT2D eigenvalue weighted by atomic mass is 32.2. The molecule has 5 rings (SSSR count). The number of amides is 1. The quantitative estimate of drug-likeness (QED) is 0.149. The standard InChI is InChI=1S/C29H29FN2O3S2/c1-2-35-29(34)27-22-12-4-3-5-14-24(22)37-28(27)31-26(33)18-36-25-17-32(23-13-7-6-11-21(23)25)16-19-9-8-10-20(30)15-19/h6-11,13,15,17H,2-5,12,14,16,18H2,1H3,(H,31,33). The van der Waals surface area contributed by atoms with Crippen molar-refractivity contribution in [3.8, 4) is 0 Å². The van der Waals surface area contributed by atoms with E-state index in [9.17, 15) is 14.0 Å². The van der Waals surface area contributed by atoms with Crippen LogP contribution in [0.15, 0.2) is 59.6 Å². The lowest BCUT2D eigenvalue weighted by Gasteiger charge is -2.08. The summed E-state index contributed by atoms with van der Waals surface area (Å²) < 4.78 is 21.1. The number of hydrogen-bond acceptors (Lipinski definition) is 5. The van der Waals surface area contributed by atoms with E-state index in [1.165, 1.54) is 34.0 Å². The summed E-state index contributed by atoms with van der Waals surface area (Å²) in [7, 11) is 0. The predicted molar refractivity (Wildman–Crippen MR) is 148 cm³/mol. The summed E-state index contributed by atoms with van der Waals surface area (Å²) in [5, 5.41) is 4.66. The summed E-state index contributed by atoms with van der Waals surface area (Å²) in [6.45, 7) is 2.63. The zero-order valence-electron chi connectivity index (χ0n) is 20.7. The van der Waals surface area contributed by atoms with Crippen molar-refractivity contribution in [2.75, 3.05) is 17.7 Å². The highest BCUT2D eigenvalue weighted by molar-refractivity contribution is 8.00. The summed E-state index contributed by atoms with van der Waals surface area (Å²) in [6.07, 6.45) is 7.08. The fraction of sp³-hybridized carbons (Fsp3) is 0.310. The van der Waals surface area contributed by atoms with Crippen molar-refractivity contribution < 1.29 is 18.7 Å². The van der Waals surface area contributed by atoms with Crippen LogP contribution in [0.25, 0.3) is 10.9 Å². The number of hydrogen-bond donors (Lipinski definition) is 1. The minimum Gasteiger partial charge on any atom is -0.462 e. The second kappa shape index (κ2) is 11.5. The molecule has 4 aromatic rings. The van der Waals surface area contributed by atoms with E-state index in [0.717, 1.165) is 59.0 Å². The van der Waals surface area contributed by atoms with Crippen LogP contribution in [0, 0.1) is 5.82 Å². The van der Waals surface area contributed by atoms with Gasteiger partial charge in [-0.2, -0.15) is 0 Å². The zero-order chi connectivity index (χ0) is 25.8. The van der Waals surface area contributed by atoms with Gasteiger partial charge < -0.3 is 14.6 Å². The number of thiophene rings is 1. The number of esters is 1. The molecule has 2 heterocycles. The van der Waals surface area contributed by atoms with Gasteiger partial charge in [0.1, 0.15) is 10.8 Å². The Hall–Kier alpha value is -3.10. The van der Waals surface area contributed by atoms with E-state index in [0.29, 0.717) is 23.7 Å². The van der Waals surface area contributed by atoms with Crippen LogP contribution >= 0.6 is 23.1 Å². The summed E-state index contributed by atoms with van der Waals surface area (Å²) in [5.74, 6) is -0.564. The average molecular weight is 537 g/mol. The second-order valence-electron chi connectivity index (χ2n) is 9.09. The number of nitrogens with zero attached hydrogens (tertiary/aromatic N) is 1. The van der Waals surface area contributed by atoms with Crippen LogP contribution in [0.3, 0.4) is 0 Å². The smallest absolute Gasteiger partial charge is 0.341 e. The molecule has 0 spiro atoms. The van der Waals surface area contributed by atoms with Crippen molar-refractivity contribution in [3.63, 3.8) is 0 Å². The summed E-state index contributed by atoms with van der Waals surface area (Å²) >= 11 is 2.97. The first-order valence-electron chi connectivity index (χ1n) is 12.6. The molecule has 0 aliphatic heterocycles. The largest absolute Gasteiger partial charge is 0.462 e. The Labute approximate surface area is 224 Å². The van der Waals surface area contributed by atoms with Crippen molar-refractivity contribution in [3.05, 3.63) is 82.1 Å². The van der Waals surface area contributed by atoms with Crippen LogP contribution in [-0.4, -0.2) is 28.8 Å². The van der Waals surface area contributed by atoms with Gasteiger partial charge in [0.05, 0.1) is 17.9 Å². The Morgan fingerprint density at radius 2 is 1.95 bits per heavy atom. The first-order chi connectivity index (χ1) is 18.0. The molecule has 2 aromatic carbocycles. The van der Waals surface area contributed by atoms with Crippen LogP contribution in [0.4, 0.5) is 9.39 Å². The molecular weight excluding hydrogens is 507 g/mol. The number of para-hydroxylation sites is 1. The summed E-state index contributed by atoms with van der Waals surface area (Å²) in [5.41, 5.74) is 3.48. The first-order valence-corrected chi connectivity index (χ1v) is 14.4. The minimum absolute atomic E-state index is 0.158. The average Bonchev–Trinajstić information content (AvgIpc) is 3.31. The number of aryl methyl sites for hydroxylation is 1. The molecule has 1 N–H and O–H groups in total. The Morgan fingerprint density at radius 3 is 2.78 bits per heavy atom. The highest BCUT2D eigenvalue weighted by Crippen LogP contribution is 2.38. The molecule has 0 atom stereocenters. The van der Waals surface area contributed by atoms with Crippen molar-refractivity contribution >= 4 is 50.9 Å². The molecule has 192 valence electrons. The van der Waals surface area contributed by atoms with E-state index in [1.807, 2.05) is 36.5 Å². The maximum atomic E-state index is 13.7. The number of rotatable bonds is 8. The number of nitrogens with one attached hydrogen (secondary N) is 1. The van der Waals surface area contributed by atoms with Crippen LogP contribution in [0.2, 0.25) is 0 Å². The Morgan fingerprint density at radius 1 is 1.11 bits per heavy atom. The van der Waals surface area contributed by atoms with E-state index in [4.69, 9.17) is 4.74 Å². The van der Waals surface area contributed by atoms with Gasteiger partial charge in [-0.25, -0.2) is 9.18 Å². The first kappa shape index (κ1) is 25.5. The molecule has 8 heteroatoms. The molecule has 0 bridgehead atoms. The van der Waals surface area contributed by atoms with Crippen molar-refractivity contribution in [1.29, 1.82) is 0 Å². The van der Waals surface area contributed by atoms with Gasteiger partial charge in [0.2, 0.25) is 5.91 Å². The van der Waals surface area contributed by atoms with Gasteiger partial charge >= 0.3 is 5.97 Å². The zero-order valence-corrected chi connectivity index (χ0v) is 22.4. The number of benzene rings is 2. The third kappa shape index (κ3) is 5.75. The maximum Gasteiger partial charge on any atom is 0.341 e. The number of anilines is 1. The molecule has 0 fully saturated rings. The fourth-order valence-electron chi connectivity index (χ4n) is 4.85. The Balaban J connectivity index is 1.33. The van der Waals surface area contributed by atoms with Crippen molar-refractivity contribution in [2.45, 2.75) is 50.5 Å². The van der Waals surface area contributed by atoms with Crippen molar-refractivity contribution in [1.82, 2.24) is 4.57 Å². The SMILES string of the molecule is CCOC(=O)c1c(NC(=O)CSc2cn(Cc3cccc(F)c3)c3ccccc23)sc2c1CCCCC2. The van der Waals surface area contributed by atoms with E-state index in [-0.39, 0.29) is 23.4 Å². The monoisotopic (exact) mass is 536 g/mol. The lowest BCUT2D eigenvalue weighted by molar-refractivity contribution is -0.113. The Kier molecular flexibility index (Phi) is 7.96. The molecule has 5 nitrogen and oxygen atoms in total. The molecule has 0 saturated heterocycles. The summed E-state index contributed by atoms with van der Waals surface area (Å²) in [6, 6.07) is 14.6. The second-order valence-corrected chi connectivity index (χ2v) is 11.2. The number of carbonyl (C=O) groups is 2. The van der Waals surface area contributed by atoms with Crippen molar-refractivity contribution in [2.24, 2.45) is 0 Å². The molecule has 1 amide bonds. The van der Waals surface area contributed by atoms with E-state index in [1.54, 1.807) is 19.1 Å². The van der Waals surface area contributed by atoms with Gasteiger partial charge in [-0.3, -0.25) is 4.79 Å². The van der Waals surface area contributed by atoms with Crippen LogP contribution < -0.4 is 5.32 Å². The lowest BCUT2D eigenvalue weighted by atomic mass is 10.1. The third-order valence-corrected chi connectivity index (χ3v) is 8.76. The number of fused-ring (bicyclic) bond motifs is 2. The number of ether oxygens (including phenoxy) is 1. The third-order valence-electron chi connectivity index (χ3n) is 6.51. The molecule has 0 unspecified atom stereocenters. The Bertz CT molecular complexity index is 1440. The van der Waals surface area contributed by atoms with Gasteiger partial charge in [-0.05, 0) is 61.9 Å². The van der Waals surface area contributed by atoms with E-state index in [2.05, 4.69) is 9.88 Å². The van der Waals surface area contributed by atoms with E-state index < -0.39 is 0 Å². The number of thioether (sulfide) groups is 1.